The zero-order chi connectivity index (χ0) is 10.3. The normalized spacial score (nSPS) is 43.0. The third-order valence-electron chi connectivity index (χ3n) is 2.96. The highest BCUT2D eigenvalue weighted by Crippen LogP contribution is 2.31. The number of carbonyl (C=O) groups excluding carboxylic acids is 2. The van der Waals surface area contributed by atoms with Crippen molar-refractivity contribution in [2.24, 2.45) is 0 Å². The topological polar surface area (TPSA) is 67.4 Å². The second-order valence-corrected chi connectivity index (χ2v) is 4.00. The monoisotopic (exact) mass is 198 g/mol. The molecule has 0 aliphatic carbocycles. The van der Waals surface area contributed by atoms with E-state index in [2.05, 4.69) is 10.6 Å². The summed E-state index contributed by atoms with van der Waals surface area (Å²) in [6, 6.07) is 0. The number of amides is 2. The molecule has 78 valence electrons. The maximum absolute atomic E-state index is 11.7. The van der Waals surface area contributed by atoms with Crippen LogP contribution in [0.1, 0.15) is 20.3 Å². The number of hydrogen-bond acceptors (Lipinski definition) is 4. The Labute approximate surface area is 82.2 Å². The minimum atomic E-state index is -0.701. The summed E-state index contributed by atoms with van der Waals surface area (Å²) < 4.78 is 5.53. The first kappa shape index (κ1) is 9.61. The lowest BCUT2D eigenvalue weighted by Crippen LogP contribution is -2.68. The molecule has 0 bridgehead atoms. The molecule has 14 heavy (non-hydrogen) atoms. The van der Waals surface area contributed by atoms with Gasteiger partial charge in [-0.2, -0.15) is 0 Å². The van der Waals surface area contributed by atoms with Crippen molar-refractivity contribution in [3.63, 3.8) is 0 Å². The van der Waals surface area contributed by atoms with Crippen LogP contribution in [-0.2, 0) is 14.3 Å². The summed E-state index contributed by atoms with van der Waals surface area (Å²) in [5, 5.41) is 5.33. The molecule has 0 saturated carbocycles. The van der Waals surface area contributed by atoms with Crippen LogP contribution >= 0.6 is 0 Å². The fourth-order valence-corrected chi connectivity index (χ4v) is 2.23. The predicted molar refractivity (Wildman–Crippen MR) is 48.5 cm³/mol. The second kappa shape index (κ2) is 3.03. The molecule has 0 aromatic carbocycles. The van der Waals surface area contributed by atoms with Crippen molar-refractivity contribution < 1.29 is 14.3 Å². The zero-order valence-corrected chi connectivity index (χ0v) is 8.29. The summed E-state index contributed by atoms with van der Waals surface area (Å²) >= 11 is 0. The van der Waals surface area contributed by atoms with E-state index in [0.29, 0.717) is 6.42 Å². The maximum atomic E-state index is 11.7. The summed E-state index contributed by atoms with van der Waals surface area (Å²) in [6.45, 7) is 3.97. The summed E-state index contributed by atoms with van der Waals surface area (Å²) in [5.74, 6) is -0.530. The Morgan fingerprint density at radius 1 is 1.43 bits per heavy atom. The van der Waals surface area contributed by atoms with Gasteiger partial charge in [-0.1, -0.05) is 0 Å². The molecule has 5 heteroatoms. The zero-order valence-electron chi connectivity index (χ0n) is 8.29. The third-order valence-corrected chi connectivity index (χ3v) is 2.96. The standard InChI is InChI=1S/C9H14N2O3/c1-5-3-9(6(2)14-5)8(13)11-7(12)4-10-9/h5-6,10H,3-4H2,1-2H3,(H,11,12,13). The molecule has 2 heterocycles. The summed E-state index contributed by atoms with van der Waals surface area (Å²) in [5.41, 5.74) is -0.701. The Balaban J connectivity index is 2.23. The number of hydrogen-bond donors (Lipinski definition) is 2. The van der Waals surface area contributed by atoms with Crippen molar-refractivity contribution in [1.29, 1.82) is 0 Å². The summed E-state index contributed by atoms with van der Waals surface area (Å²) in [4.78, 5) is 22.7. The smallest absolute Gasteiger partial charge is 0.249 e. The van der Waals surface area contributed by atoms with E-state index >= 15 is 0 Å². The van der Waals surface area contributed by atoms with Crippen LogP contribution in [0.25, 0.3) is 0 Å². The molecule has 1 spiro atoms. The van der Waals surface area contributed by atoms with Crippen LogP contribution in [0.4, 0.5) is 0 Å². The van der Waals surface area contributed by atoms with Crippen LogP contribution in [-0.4, -0.2) is 36.1 Å². The first-order valence-corrected chi connectivity index (χ1v) is 4.79. The first-order valence-electron chi connectivity index (χ1n) is 4.79. The van der Waals surface area contributed by atoms with Gasteiger partial charge in [0.1, 0.15) is 5.54 Å². The van der Waals surface area contributed by atoms with Gasteiger partial charge >= 0.3 is 0 Å². The van der Waals surface area contributed by atoms with E-state index < -0.39 is 5.54 Å². The molecule has 2 saturated heterocycles. The molecule has 0 aromatic heterocycles. The van der Waals surface area contributed by atoms with E-state index in [-0.39, 0.29) is 30.6 Å². The van der Waals surface area contributed by atoms with Gasteiger partial charge in [-0.25, -0.2) is 0 Å². The van der Waals surface area contributed by atoms with E-state index in [4.69, 9.17) is 4.74 Å². The number of nitrogens with one attached hydrogen (secondary N) is 2. The minimum Gasteiger partial charge on any atom is -0.373 e. The first-order chi connectivity index (χ1) is 6.54. The maximum Gasteiger partial charge on any atom is 0.249 e. The van der Waals surface area contributed by atoms with E-state index in [9.17, 15) is 9.59 Å². The van der Waals surface area contributed by atoms with Crippen molar-refractivity contribution in [1.82, 2.24) is 10.6 Å². The molecule has 0 aromatic rings. The average molecular weight is 198 g/mol. The van der Waals surface area contributed by atoms with E-state index in [0.717, 1.165) is 0 Å². The lowest BCUT2D eigenvalue weighted by Gasteiger charge is -2.34. The molecular weight excluding hydrogens is 184 g/mol. The molecule has 2 N–H and O–H groups in total. The highest BCUT2D eigenvalue weighted by molar-refractivity contribution is 6.03. The van der Waals surface area contributed by atoms with E-state index in [1.807, 2.05) is 13.8 Å². The lowest BCUT2D eigenvalue weighted by atomic mass is 9.88. The van der Waals surface area contributed by atoms with Gasteiger partial charge in [-0.3, -0.25) is 20.2 Å². The largest absolute Gasteiger partial charge is 0.373 e. The Bertz CT molecular complexity index is 292. The van der Waals surface area contributed by atoms with Crippen molar-refractivity contribution in [2.45, 2.75) is 38.0 Å². The average Bonchev–Trinajstić information content (AvgIpc) is 2.37. The Morgan fingerprint density at radius 2 is 2.14 bits per heavy atom. The van der Waals surface area contributed by atoms with Gasteiger partial charge in [0.05, 0.1) is 18.8 Å². The highest BCUT2D eigenvalue weighted by atomic mass is 16.5. The van der Waals surface area contributed by atoms with Gasteiger partial charge in [0.15, 0.2) is 0 Å². The van der Waals surface area contributed by atoms with Gasteiger partial charge in [0, 0.05) is 6.42 Å². The van der Waals surface area contributed by atoms with Crippen LogP contribution in [0, 0.1) is 0 Å². The molecule has 3 unspecified atom stereocenters. The van der Waals surface area contributed by atoms with Crippen molar-refractivity contribution in [3.05, 3.63) is 0 Å². The molecule has 3 atom stereocenters. The van der Waals surface area contributed by atoms with E-state index in [1.54, 1.807) is 0 Å². The van der Waals surface area contributed by atoms with Crippen LogP contribution in [0.3, 0.4) is 0 Å². The number of imide groups is 1. The third kappa shape index (κ3) is 1.24. The van der Waals surface area contributed by atoms with Crippen LogP contribution in [0.2, 0.25) is 0 Å². The van der Waals surface area contributed by atoms with Gasteiger partial charge in [-0.05, 0) is 13.8 Å². The fraction of sp³-hybridized carbons (Fsp3) is 0.778. The van der Waals surface area contributed by atoms with Crippen molar-refractivity contribution >= 4 is 11.8 Å². The van der Waals surface area contributed by atoms with Crippen molar-refractivity contribution in [3.8, 4) is 0 Å². The van der Waals surface area contributed by atoms with Gasteiger partial charge in [-0.15, -0.1) is 0 Å². The molecule has 5 nitrogen and oxygen atoms in total. The number of ether oxygens (including phenoxy) is 1. The highest BCUT2D eigenvalue weighted by Gasteiger charge is 2.52. The number of rotatable bonds is 0. The predicted octanol–water partition coefficient (Wildman–Crippen LogP) is -0.831. The van der Waals surface area contributed by atoms with Crippen LogP contribution in [0.15, 0.2) is 0 Å². The summed E-state index contributed by atoms with van der Waals surface area (Å²) in [6.07, 6.45) is 0.481. The Morgan fingerprint density at radius 3 is 2.64 bits per heavy atom. The second-order valence-electron chi connectivity index (χ2n) is 4.00. The van der Waals surface area contributed by atoms with E-state index in [1.165, 1.54) is 0 Å². The Hall–Kier alpha value is -0.940. The molecule has 2 aliphatic rings. The van der Waals surface area contributed by atoms with Crippen molar-refractivity contribution in [2.75, 3.05) is 6.54 Å². The molecular formula is C9H14N2O3. The number of piperazine rings is 1. The summed E-state index contributed by atoms with van der Waals surface area (Å²) in [7, 11) is 0. The van der Waals surface area contributed by atoms with Gasteiger partial charge in [0.25, 0.3) is 0 Å². The van der Waals surface area contributed by atoms with Crippen LogP contribution in [0.5, 0.6) is 0 Å². The van der Waals surface area contributed by atoms with Gasteiger partial charge in [0.2, 0.25) is 11.8 Å². The minimum absolute atomic E-state index is 0.0523. The molecule has 2 amide bonds. The molecule has 2 fully saturated rings. The molecule has 0 radical (unpaired) electrons. The van der Waals surface area contributed by atoms with Gasteiger partial charge < -0.3 is 4.74 Å². The number of carbonyl (C=O) groups is 2. The lowest BCUT2D eigenvalue weighted by molar-refractivity contribution is -0.139. The molecule has 2 rings (SSSR count). The SMILES string of the molecule is CC1CC2(NCC(=O)NC2=O)C(C)O1. The molecule has 2 aliphatic heterocycles. The quantitative estimate of drug-likeness (QED) is 0.498. The van der Waals surface area contributed by atoms with Crippen LogP contribution < -0.4 is 10.6 Å². The Kier molecular flexibility index (Phi) is 2.08. The fourth-order valence-electron chi connectivity index (χ4n) is 2.23.